The highest BCUT2D eigenvalue weighted by atomic mass is 16.5. The highest BCUT2D eigenvalue weighted by molar-refractivity contribution is 5.71. The minimum atomic E-state index is -0.565. The number of ether oxygens (including phenoxy) is 1. The highest BCUT2D eigenvalue weighted by Crippen LogP contribution is 2.71. The first-order chi connectivity index (χ1) is 14.4. The Morgan fingerprint density at radius 3 is 2.77 bits per heavy atom. The summed E-state index contributed by atoms with van der Waals surface area (Å²) in [5, 5.41) is 23.7. The van der Waals surface area contributed by atoms with E-state index in [1.165, 1.54) is 11.3 Å². The number of carbonyl (C=O) groups excluding carboxylic acids is 1. The Labute approximate surface area is 178 Å². The smallest absolute Gasteiger partial charge is 0.361 e. The van der Waals surface area contributed by atoms with Crippen LogP contribution in [0.15, 0.2) is 24.3 Å². The van der Waals surface area contributed by atoms with Crippen LogP contribution in [0.25, 0.3) is 0 Å². The van der Waals surface area contributed by atoms with E-state index >= 15 is 0 Å². The maximum atomic E-state index is 12.8. The van der Waals surface area contributed by atoms with Crippen molar-refractivity contribution in [2.75, 3.05) is 25.1 Å². The monoisotopic (exact) mass is 413 g/mol. The normalized spacial score (nSPS) is 49.3. The summed E-state index contributed by atoms with van der Waals surface area (Å²) in [5.41, 5.74) is 2.17. The lowest BCUT2D eigenvalue weighted by molar-refractivity contribution is -1.03. The quantitative estimate of drug-likeness (QED) is 0.580. The molecule has 162 valence electrons. The largest absolute Gasteiger partial charge is 0.462 e. The molecule has 10 atom stereocenters. The maximum absolute atomic E-state index is 12.8. The van der Waals surface area contributed by atoms with Crippen LogP contribution < -0.4 is 4.90 Å². The Morgan fingerprint density at radius 1 is 1.27 bits per heavy atom. The van der Waals surface area contributed by atoms with Gasteiger partial charge in [-0.3, -0.25) is 4.48 Å². The van der Waals surface area contributed by atoms with E-state index < -0.39 is 12.3 Å². The van der Waals surface area contributed by atoms with Crippen molar-refractivity contribution in [1.29, 1.82) is 0 Å². The van der Waals surface area contributed by atoms with Gasteiger partial charge in [0, 0.05) is 37.4 Å². The number of aliphatic hydroxyl groups is 2. The van der Waals surface area contributed by atoms with Crippen molar-refractivity contribution in [2.24, 2.45) is 17.8 Å². The fraction of sp³-hybridized carbons (Fsp3) is 0.708. The number of hydrogen-bond donors (Lipinski definition) is 2. The zero-order valence-electron chi connectivity index (χ0n) is 18.1. The summed E-state index contributed by atoms with van der Waals surface area (Å²) >= 11 is 0. The Kier molecular flexibility index (Phi) is 3.81. The summed E-state index contributed by atoms with van der Waals surface area (Å²) in [6.07, 6.45) is 1.69. The number of benzene rings is 1. The Morgan fingerprint density at radius 2 is 2.03 bits per heavy atom. The molecule has 1 saturated carbocycles. The van der Waals surface area contributed by atoms with E-state index in [-0.39, 0.29) is 47.9 Å². The summed E-state index contributed by atoms with van der Waals surface area (Å²) in [6, 6.07) is 8.84. The summed E-state index contributed by atoms with van der Waals surface area (Å²) in [4.78, 5) is 15.2. The van der Waals surface area contributed by atoms with Crippen LogP contribution in [-0.2, 0) is 14.9 Å². The standard InChI is InChI=1S/C24H33N2O4/c1-4-13-14-10-17-21-24(15-8-6-7-9-16(15)25(21)3)11-18(20(14)22(24)28)26(17,23(13)29)12-19(27)30-5-2/h6-9,13-14,17-18,20-23,28-29H,4-5,10-12H2,1-3H3/q+1/t13?,14-,17?,18-,20?,21?,22?,23+,24?,26?/m0/s1. The third kappa shape index (κ3) is 1.83. The second kappa shape index (κ2) is 5.99. The molecule has 6 heteroatoms. The molecular weight excluding hydrogens is 380 g/mol. The van der Waals surface area contributed by atoms with Crippen molar-refractivity contribution >= 4 is 11.7 Å². The number of carbonyl (C=O) groups is 1. The topological polar surface area (TPSA) is 70.0 Å². The van der Waals surface area contributed by atoms with E-state index in [0.717, 1.165) is 19.3 Å². The van der Waals surface area contributed by atoms with Crippen molar-refractivity contribution in [3.63, 3.8) is 0 Å². The molecule has 5 heterocycles. The number of esters is 1. The van der Waals surface area contributed by atoms with Gasteiger partial charge in [0.05, 0.1) is 30.2 Å². The van der Waals surface area contributed by atoms with Crippen LogP contribution in [0.2, 0.25) is 0 Å². The van der Waals surface area contributed by atoms with E-state index in [1.807, 2.05) is 6.92 Å². The molecule has 1 spiro atoms. The lowest BCUT2D eigenvalue weighted by Gasteiger charge is -2.67. The van der Waals surface area contributed by atoms with Gasteiger partial charge in [-0.2, -0.15) is 0 Å². The molecule has 4 saturated heterocycles. The molecule has 0 amide bonds. The van der Waals surface area contributed by atoms with Crippen molar-refractivity contribution in [3.05, 3.63) is 29.8 Å². The van der Waals surface area contributed by atoms with Crippen LogP contribution in [-0.4, -0.2) is 71.3 Å². The van der Waals surface area contributed by atoms with Crippen molar-refractivity contribution in [1.82, 2.24) is 0 Å². The molecular formula is C24H33N2O4+. The zero-order valence-corrected chi connectivity index (χ0v) is 18.1. The molecule has 5 fully saturated rings. The molecule has 0 radical (unpaired) electrons. The van der Waals surface area contributed by atoms with Gasteiger partial charge in [-0.1, -0.05) is 25.1 Å². The van der Waals surface area contributed by atoms with Crippen LogP contribution in [0.3, 0.4) is 0 Å². The van der Waals surface area contributed by atoms with Gasteiger partial charge < -0.3 is 19.8 Å². The number of quaternary nitrogens is 1. The average molecular weight is 414 g/mol. The summed E-state index contributed by atoms with van der Waals surface area (Å²) in [6.45, 7) is 4.55. The first-order valence-corrected chi connectivity index (χ1v) is 11.6. The summed E-state index contributed by atoms with van der Waals surface area (Å²) in [7, 11) is 2.14. The van der Waals surface area contributed by atoms with Gasteiger partial charge in [0.25, 0.3) is 0 Å². The molecule has 7 rings (SSSR count). The van der Waals surface area contributed by atoms with Crippen LogP contribution in [0.4, 0.5) is 5.69 Å². The molecule has 5 aliphatic heterocycles. The van der Waals surface area contributed by atoms with Gasteiger partial charge in [0.1, 0.15) is 6.04 Å². The number of hydrogen-bond acceptors (Lipinski definition) is 5. The molecule has 30 heavy (non-hydrogen) atoms. The number of likely N-dealkylation sites (N-methyl/N-ethyl adjacent to an activating group) is 1. The van der Waals surface area contributed by atoms with Gasteiger partial charge in [0.15, 0.2) is 12.8 Å². The lowest BCUT2D eigenvalue weighted by atomic mass is 9.60. The Bertz CT molecular complexity index is 907. The molecule has 1 aromatic carbocycles. The summed E-state index contributed by atoms with van der Waals surface area (Å²) in [5.74, 6) is 0.361. The maximum Gasteiger partial charge on any atom is 0.361 e. The van der Waals surface area contributed by atoms with Gasteiger partial charge in [-0.25, -0.2) is 4.79 Å². The zero-order chi connectivity index (χ0) is 21.0. The number of nitrogens with zero attached hydrogens (tertiary/aromatic N) is 2. The van der Waals surface area contributed by atoms with Crippen molar-refractivity contribution < 1.29 is 24.2 Å². The third-order valence-electron chi connectivity index (χ3n) is 9.83. The van der Waals surface area contributed by atoms with Gasteiger partial charge >= 0.3 is 5.97 Å². The number of para-hydroxylation sites is 1. The Hall–Kier alpha value is -1.63. The highest BCUT2D eigenvalue weighted by Gasteiger charge is 2.83. The van der Waals surface area contributed by atoms with Crippen molar-refractivity contribution in [2.45, 2.75) is 69.0 Å². The SMILES string of the molecule is CCOC(=O)C[N+]12C3C[C@@H](C(CC)[C@H]1O)C1C(O)C4(C[C@@H]12)c1ccccc1N(C)C34. The second-order valence-corrected chi connectivity index (χ2v) is 10.3. The van der Waals surface area contributed by atoms with Crippen LogP contribution in [0.1, 0.15) is 38.7 Å². The minimum absolute atomic E-state index is 0.0954. The molecule has 6 nitrogen and oxygen atoms in total. The van der Waals surface area contributed by atoms with Crippen LogP contribution in [0, 0.1) is 17.8 Å². The van der Waals surface area contributed by atoms with Crippen LogP contribution >= 0.6 is 0 Å². The van der Waals surface area contributed by atoms with Gasteiger partial charge in [-0.05, 0) is 30.9 Å². The molecule has 2 N–H and O–H groups in total. The Balaban J connectivity index is 1.57. The number of anilines is 1. The van der Waals surface area contributed by atoms with E-state index in [0.29, 0.717) is 17.0 Å². The van der Waals surface area contributed by atoms with Gasteiger partial charge in [0.2, 0.25) is 0 Å². The fourth-order valence-corrected chi connectivity index (χ4v) is 9.13. The number of fused-ring (bicyclic) bond motifs is 2. The van der Waals surface area contributed by atoms with E-state index in [4.69, 9.17) is 4.74 Å². The number of aliphatic hydroxyl groups excluding tert-OH is 2. The lowest BCUT2D eigenvalue weighted by Crippen LogP contribution is -2.83. The molecule has 1 aliphatic carbocycles. The number of rotatable bonds is 4. The predicted octanol–water partition coefficient (Wildman–Crippen LogP) is 1.63. The fourth-order valence-electron chi connectivity index (χ4n) is 9.13. The first-order valence-electron chi connectivity index (χ1n) is 11.6. The van der Waals surface area contributed by atoms with Crippen LogP contribution in [0.5, 0.6) is 0 Å². The first kappa shape index (κ1) is 19.1. The average Bonchev–Trinajstić information content (AvgIpc) is 3.11. The minimum Gasteiger partial charge on any atom is -0.462 e. The molecule has 5 bridgehead atoms. The van der Waals surface area contributed by atoms with Crippen molar-refractivity contribution in [3.8, 4) is 0 Å². The van der Waals surface area contributed by atoms with Gasteiger partial charge in [-0.15, -0.1) is 0 Å². The summed E-state index contributed by atoms with van der Waals surface area (Å²) < 4.78 is 5.81. The predicted molar refractivity (Wildman–Crippen MR) is 112 cm³/mol. The van der Waals surface area contributed by atoms with E-state index in [9.17, 15) is 15.0 Å². The van der Waals surface area contributed by atoms with E-state index in [2.05, 4.69) is 43.1 Å². The third-order valence-corrected chi connectivity index (χ3v) is 9.83. The second-order valence-electron chi connectivity index (χ2n) is 10.3. The molecule has 6 aliphatic rings. The van der Waals surface area contributed by atoms with E-state index in [1.54, 1.807) is 0 Å². The molecule has 1 aromatic rings. The molecule has 7 unspecified atom stereocenters. The number of piperidine rings is 4. The molecule has 0 aromatic heterocycles.